The zero-order valence-electron chi connectivity index (χ0n) is 11.7. The summed E-state index contributed by atoms with van der Waals surface area (Å²) in [5.74, 6) is 2.48. The molecule has 2 heterocycles. The average molecular weight is 234 g/mol. The van der Waals surface area contributed by atoms with Crippen molar-refractivity contribution in [2.45, 2.75) is 41.2 Å². The van der Waals surface area contributed by atoms with Crippen molar-refractivity contribution in [1.29, 1.82) is 0 Å². The molecule has 4 nitrogen and oxygen atoms in total. The summed E-state index contributed by atoms with van der Waals surface area (Å²) in [4.78, 5) is 0. The lowest BCUT2D eigenvalue weighted by molar-refractivity contribution is -0.699. The van der Waals surface area contributed by atoms with Crippen LogP contribution in [0.4, 0.5) is 0 Å². The van der Waals surface area contributed by atoms with Crippen LogP contribution in [-0.2, 0) is 13.6 Å². The van der Waals surface area contributed by atoms with E-state index in [1.54, 1.807) is 0 Å². The van der Waals surface area contributed by atoms with Crippen LogP contribution in [-0.4, -0.2) is 9.35 Å². The average Bonchev–Trinajstić information content (AvgIpc) is 2.76. The number of hydrogen-bond acceptors (Lipinski definition) is 0. The van der Waals surface area contributed by atoms with Gasteiger partial charge in [0, 0.05) is 27.7 Å². The van der Waals surface area contributed by atoms with E-state index in [-0.39, 0.29) is 0 Å². The monoisotopic (exact) mass is 234 g/mol. The van der Waals surface area contributed by atoms with Gasteiger partial charge in [0.2, 0.25) is 0 Å². The fourth-order valence-corrected chi connectivity index (χ4v) is 2.38. The van der Waals surface area contributed by atoms with Gasteiger partial charge in [-0.05, 0) is 11.6 Å². The van der Waals surface area contributed by atoms with Gasteiger partial charge in [0.05, 0.1) is 13.6 Å². The third-order valence-electron chi connectivity index (χ3n) is 3.83. The number of imidazole rings is 2. The number of nitrogens with zero attached hydrogens (tertiary/aromatic N) is 4. The first-order chi connectivity index (χ1) is 7.99. The molecule has 92 valence electrons. The molecule has 0 radical (unpaired) electrons. The van der Waals surface area contributed by atoms with Gasteiger partial charge in [0.15, 0.2) is 11.9 Å². The first-order valence-corrected chi connectivity index (χ1v) is 6.11. The van der Waals surface area contributed by atoms with Gasteiger partial charge in [0.25, 0.3) is 11.6 Å². The molecular formula is C13H22N4+2. The maximum absolute atomic E-state index is 2.26. The van der Waals surface area contributed by atoms with E-state index >= 15 is 0 Å². The molecule has 0 aromatic carbocycles. The van der Waals surface area contributed by atoms with E-state index in [0.29, 0.717) is 0 Å². The summed E-state index contributed by atoms with van der Waals surface area (Å²) in [5, 5.41) is 0. The molecule has 0 N–H and O–H groups in total. The molecule has 2 rings (SSSR count). The highest BCUT2D eigenvalue weighted by molar-refractivity contribution is 5.08. The Morgan fingerprint density at radius 3 is 2.18 bits per heavy atom. The third-order valence-corrected chi connectivity index (χ3v) is 3.83. The van der Waals surface area contributed by atoms with Crippen molar-refractivity contribution in [3.8, 4) is 0 Å². The molecule has 0 amide bonds. The molecule has 17 heavy (non-hydrogen) atoms. The molecule has 0 aliphatic carbocycles. The van der Waals surface area contributed by atoms with Crippen LogP contribution in [0, 0.1) is 27.7 Å². The van der Waals surface area contributed by atoms with E-state index in [2.05, 4.69) is 72.5 Å². The van der Waals surface area contributed by atoms with Crippen LogP contribution in [0.5, 0.6) is 0 Å². The van der Waals surface area contributed by atoms with Crippen molar-refractivity contribution >= 4 is 0 Å². The van der Waals surface area contributed by atoms with Crippen LogP contribution >= 0.6 is 0 Å². The summed E-state index contributed by atoms with van der Waals surface area (Å²) in [6.45, 7) is 11.8. The summed E-state index contributed by atoms with van der Waals surface area (Å²) >= 11 is 0. The molecule has 0 saturated carbocycles. The highest BCUT2D eigenvalue weighted by Crippen LogP contribution is 2.08. The lowest BCUT2D eigenvalue weighted by atomic mass is 10.4. The molecule has 0 saturated heterocycles. The maximum Gasteiger partial charge on any atom is 0.295 e. The van der Waals surface area contributed by atoms with Crippen LogP contribution in [0.25, 0.3) is 0 Å². The van der Waals surface area contributed by atoms with Gasteiger partial charge in [-0.3, -0.25) is 0 Å². The number of hydrogen-bond donors (Lipinski definition) is 0. The third kappa shape index (κ3) is 1.59. The zero-order valence-corrected chi connectivity index (χ0v) is 11.7. The van der Waals surface area contributed by atoms with Gasteiger partial charge in [-0.15, -0.1) is 0 Å². The van der Waals surface area contributed by atoms with E-state index in [1.165, 1.54) is 23.0 Å². The molecule has 4 heteroatoms. The van der Waals surface area contributed by atoms with Gasteiger partial charge in [-0.1, -0.05) is 4.68 Å². The minimum Gasteiger partial charge on any atom is -0.231 e. The molecule has 2 aromatic heterocycles. The highest BCUT2D eigenvalue weighted by atomic mass is 15.5. The van der Waals surface area contributed by atoms with Crippen LogP contribution in [0.15, 0.2) is 12.4 Å². The van der Waals surface area contributed by atoms with Gasteiger partial charge in [-0.2, -0.15) is 0 Å². The Hall–Kier alpha value is -1.58. The van der Waals surface area contributed by atoms with E-state index in [0.717, 1.165) is 6.54 Å². The summed E-state index contributed by atoms with van der Waals surface area (Å²) in [5.41, 5.74) is 2.59. The van der Waals surface area contributed by atoms with Crippen molar-refractivity contribution in [2.75, 3.05) is 0 Å². The molecule has 0 atom stereocenters. The molecule has 2 aromatic rings. The first-order valence-electron chi connectivity index (χ1n) is 6.11. The Bertz CT molecular complexity index is 535. The summed E-state index contributed by atoms with van der Waals surface area (Å²) < 4.78 is 8.94. The number of rotatable bonds is 2. The van der Waals surface area contributed by atoms with Crippen LogP contribution < -0.4 is 9.13 Å². The van der Waals surface area contributed by atoms with E-state index in [9.17, 15) is 0 Å². The molecule has 0 bridgehead atoms. The zero-order chi connectivity index (χ0) is 12.7. The van der Waals surface area contributed by atoms with Gasteiger partial charge in [-0.25, -0.2) is 9.13 Å². The second-order valence-electron chi connectivity index (χ2n) is 4.56. The molecular weight excluding hydrogens is 212 g/mol. The molecule has 0 aliphatic heterocycles. The molecule has 0 unspecified atom stereocenters. The fraction of sp³-hybridized carbons (Fsp3) is 0.538. The Balaban J connectivity index is 2.69. The Kier molecular flexibility index (Phi) is 2.81. The van der Waals surface area contributed by atoms with Gasteiger partial charge in [0.1, 0.15) is 11.9 Å². The summed E-state index contributed by atoms with van der Waals surface area (Å²) in [6, 6.07) is 0. The highest BCUT2D eigenvalue weighted by Gasteiger charge is 2.27. The van der Waals surface area contributed by atoms with Crippen LogP contribution in [0.1, 0.15) is 30.0 Å². The molecule has 0 fully saturated rings. The standard InChI is InChI=1S/C13H22N4/c1-7-15-8-9-16(13(15)5)17-11(3)10(2)14(6)12(17)4/h8-9H,7H2,1-6H3/q+2. The predicted molar refractivity (Wildman–Crippen MR) is 65.7 cm³/mol. The Morgan fingerprint density at radius 1 is 1.12 bits per heavy atom. The van der Waals surface area contributed by atoms with Gasteiger partial charge < -0.3 is 0 Å². The molecule has 0 spiro atoms. The van der Waals surface area contributed by atoms with Gasteiger partial charge >= 0.3 is 0 Å². The minimum atomic E-state index is 1.00. The quantitative estimate of drug-likeness (QED) is 0.689. The minimum absolute atomic E-state index is 1.00. The summed E-state index contributed by atoms with van der Waals surface area (Å²) in [6.07, 6.45) is 4.25. The van der Waals surface area contributed by atoms with Crippen LogP contribution in [0.2, 0.25) is 0 Å². The lowest BCUT2D eigenvalue weighted by Crippen LogP contribution is -2.36. The number of aromatic nitrogens is 4. The van der Waals surface area contributed by atoms with Crippen molar-refractivity contribution in [3.63, 3.8) is 0 Å². The first kappa shape index (κ1) is 11.9. The SMILES string of the molecule is CC[n+]1ccn(-n2c(C)c(C)[n+](C)c2C)c1C. The van der Waals surface area contributed by atoms with E-state index < -0.39 is 0 Å². The second-order valence-corrected chi connectivity index (χ2v) is 4.56. The predicted octanol–water partition coefficient (Wildman–Crippen LogP) is 0.967. The smallest absolute Gasteiger partial charge is 0.231 e. The maximum atomic E-state index is 2.26. The largest absolute Gasteiger partial charge is 0.295 e. The van der Waals surface area contributed by atoms with Crippen molar-refractivity contribution in [1.82, 2.24) is 9.35 Å². The van der Waals surface area contributed by atoms with Crippen LogP contribution in [0.3, 0.4) is 0 Å². The normalized spacial score (nSPS) is 11.2. The van der Waals surface area contributed by atoms with Crippen molar-refractivity contribution in [2.24, 2.45) is 7.05 Å². The van der Waals surface area contributed by atoms with E-state index in [4.69, 9.17) is 0 Å². The van der Waals surface area contributed by atoms with Crippen molar-refractivity contribution in [3.05, 3.63) is 35.4 Å². The lowest BCUT2D eigenvalue weighted by Gasteiger charge is -1.97. The molecule has 0 aliphatic rings. The topological polar surface area (TPSA) is 17.6 Å². The number of aryl methyl sites for hydroxylation is 1. The van der Waals surface area contributed by atoms with Crippen molar-refractivity contribution < 1.29 is 9.13 Å². The summed E-state index contributed by atoms with van der Waals surface area (Å²) in [7, 11) is 2.11. The van der Waals surface area contributed by atoms with E-state index in [1.807, 2.05) is 0 Å². The Labute approximate surface area is 103 Å². The fourth-order valence-electron chi connectivity index (χ4n) is 2.38. The Morgan fingerprint density at radius 2 is 1.76 bits per heavy atom. The second kappa shape index (κ2) is 4.02.